The topological polar surface area (TPSA) is 77.3 Å². The van der Waals surface area contributed by atoms with Crippen LogP contribution in [-0.4, -0.2) is 29.9 Å². The molecule has 94 heavy (non-hydrogen) atoms. The Morgan fingerprint density at radius 1 is 0.191 bits per heavy atom. The van der Waals surface area contributed by atoms with Gasteiger partial charge in [0.25, 0.3) is 0 Å². The molecule has 438 valence electrons. The maximum absolute atomic E-state index is 7.30. The zero-order valence-corrected chi connectivity index (χ0v) is 51.8. The lowest BCUT2D eigenvalue weighted by molar-refractivity contribution is 1.38. The van der Waals surface area contributed by atoms with Crippen LogP contribution in [0.4, 0.5) is 0 Å². The summed E-state index contributed by atoms with van der Waals surface area (Å²) in [6.07, 6.45) is 11.5. The molecular formula is C86H50Cl2N6. The Kier molecular flexibility index (Phi) is 13.2. The van der Waals surface area contributed by atoms with Crippen molar-refractivity contribution in [1.29, 1.82) is 0 Å². The molecule has 0 unspecified atom stereocenters. The number of hydrogen-bond donors (Lipinski definition) is 0. The van der Waals surface area contributed by atoms with Crippen LogP contribution in [-0.2, 0) is 0 Å². The Morgan fingerprint density at radius 3 is 1.11 bits per heavy atom. The van der Waals surface area contributed by atoms with Crippen LogP contribution in [0, 0.1) is 0 Å². The number of pyridine rings is 6. The molecule has 0 saturated carbocycles. The third-order valence-corrected chi connectivity index (χ3v) is 19.0. The van der Waals surface area contributed by atoms with Gasteiger partial charge in [-0.1, -0.05) is 181 Å². The monoisotopic (exact) mass is 1240 g/mol. The summed E-state index contributed by atoms with van der Waals surface area (Å²) >= 11 is 14.4. The van der Waals surface area contributed by atoms with Crippen LogP contribution in [0.1, 0.15) is 0 Å². The molecule has 0 saturated heterocycles. The van der Waals surface area contributed by atoms with Crippen molar-refractivity contribution < 1.29 is 0 Å². The number of halogens is 2. The van der Waals surface area contributed by atoms with E-state index in [2.05, 4.69) is 255 Å². The zero-order valence-electron chi connectivity index (χ0n) is 50.3. The van der Waals surface area contributed by atoms with Gasteiger partial charge in [-0.15, -0.1) is 0 Å². The SMILES string of the molecule is Clc1cc(-c2ccccc2-c2cnc3c(ccc4ccccc43)c2)cc(-c2ccccc2-c2cnc3c(ccc4cc(-c5ccc(-c6ccc7c(c6)ncc6cccnc67)c(-c6cc(Cl)cc(-c7ccccc7-c7ccc8c(c7)ncc7cccnc78)c6)c5)ccc43)c2)c1. The van der Waals surface area contributed by atoms with E-state index in [1.807, 2.05) is 49.3 Å². The number of aromatic nitrogens is 6. The van der Waals surface area contributed by atoms with Crippen molar-refractivity contribution in [3.8, 4) is 100 Å². The summed E-state index contributed by atoms with van der Waals surface area (Å²) in [5.74, 6) is 0. The van der Waals surface area contributed by atoms with Gasteiger partial charge in [-0.05, 0) is 209 Å². The highest BCUT2D eigenvalue weighted by atomic mass is 35.5. The van der Waals surface area contributed by atoms with E-state index in [9.17, 15) is 0 Å². The molecule has 0 radical (unpaired) electrons. The third kappa shape index (κ3) is 9.66. The minimum absolute atomic E-state index is 0.631. The van der Waals surface area contributed by atoms with E-state index in [-0.39, 0.29) is 0 Å². The second-order valence-corrected chi connectivity index (χ2v) is 25.0. The largest absolute Gasteiger partial charge is 0.255 e. The zero-order chi connectivity index (χ0) is 62.4. The van der Waals surface area contributed by atoms with E-state index in [1.54, 1.807) is 0 Å². The number of nitrogens with zero attached hydrogens (tertiary/aromatic N) is 6. The molecule has 0 bridgehead atoms. The van der Waals surface area contributed by atoms with Gasteiger partial charge in [0.05, 0.1) is 33.1 Å². The minimum atomic E-state index is 0.631. The van der Waals surface area contributed by atoms with Crippen LogP contribution >= 0.6 is 23.2 Å². The van der Waals surface area contributed by atoms with E-state index < -0.39 is 0 Å². The lowest BCUT2D eigenvalue weighted by Gasteiger charge is -2.17. The van der Waals surface area contributed by atoms with Gasteiger partial charge in [-0.3, -0.25) is 29.9 Å². The van der Waals surface area contributed by atoms with Crippen molar-refractivity contribution in [2.24, 2.45) is 0 Å². The van der Waals surface area contributed by atoms with Crippen molar-refractivity contribution >= 4 is 110 Å². The summed E-state index contributed by atoms with van der Waals surface area (Å²) in [6, 6.07) is 94.4. The number of hydrogen-bond acceptors (Lipinski definition) is 6. The highest BCUT2D eigenvalue weighted by Gasteiger charge is 2.20. The van der Waals surface area contributed by atoms with Crippen molar-refractivity contribution in [1.82, 2.24) is 29.9 Å². The molecular weight excluding hydrogens is 1190 g/mol. The first-order valence-corrected chi connectivity index (χ1v) is 32.0. The molecule has 0 fully saturated rings. The molecule has 0 aliphatic carbocycles. The van der Waals surface area contributed by atoms with Gasteiger partial charge in [0, 0.05) is 101 Å². The van der Waals surface area contributed by atoms with Crippen LogP contribution in [0.5, 0.6) is 0 Å². The standard InChI is InChI=1S/C86H50Cl2N6/c87-67-40-61(71-16-5-7-18-73(71)65-36-57-23-21-51-11-1-2-20-76(51)83(57)93-49-65)38-62(41-67)72-17-6-8-19-74(72)66-37-58-24-22-54-35-52(26-30-77(54)84(58)94-50-66)53-25-29-75(56-28-32-79-82(46-56)92-48-60-13-10-34-90-86(60)79)80(44-53)64-39-63(42-68(88)43-64)70-15-4-3-14-69(70)55-27-31-78-81(45-55)91-47-59-12-9-33-89-85(59)78/h1-50H. The molecule has 0 N–H and O–H groups in total. The third-order valence-electron chi connectivity index (χ3n) is 18.5. The molecule has 12 aromatic carbocycles. The van der Waals surface area contributed by atoms with Crippen molar-refractivity contribution in [3.05, 3.63) is 314 Å². The Balaban J connectivity index is 0.702. The van der Waals surface area contributed by atoms with Gasteiger partial charge in [0.15, 0.2) is 0 Å². The van der Waals surface area contributed by atoms with Gasteiger partial charge in [-0.25, -0.2) is 0 Å². The molecule has 0 atom stereocenters. The van der Waals surface area contributed by atoms with Crippen LogP contribution in [0.2, 0.25) is 10.0 Å². The molecule has 18 aromatic rings. The average molecular weight is 1240 g/mol. The molecule has 6 heterocycles. The van der Waals surface area contributed by atoms with Gasteiger partial charge >= 0.3 is 0 Å². The molecule has 0 aliphatic rings. The first kappa shape index (κ1) is 55.1. The number of fused-ring (bicyclic) bond motifs is 12. The lowest BCUT2D eigenvalue weighted by Crippen LogP contribution is -1.92. The Morgan fingerprint density at radius 2 is 0.564 bits per heavy atom. The Labute approximate surface area is 550 Å². The molecule has 0 aliphatic heterocycles. The van der Waals surface area contributed by atoms with Crippen LogP contribution in [0.25, 0.3) is 187 Å². The summed E-state index contributed by atoms with van der Waals surface area (Å²) in [4.78, 5) is 29.6. The number of benzene rings is 12. The summed E-state index contributed by atoms with van der Waals surface area (Å²) in [5.41, 5.74) is 24.4. The van der Waals surface area contributed by atoms with Gasteiger partial charge < -0.3 is 0 Å². The summed E-state index contributed by atoms with van der Waals surface area (Å²) < 4.78 is 0. The fourth-order valence-electron chi connectivity index (χ4n) is 14.0. The molecule has 6 aromatic heterocycles. The minimum Gasteiger partial charge on any atom is -0.255 e. The molecule has 0 amide bonds. The van der Waals surface area contributed by atoms with Crippen molar-refractivity contribution in [2.75, 3.05) is 0 Å². The van der Waals surface area contributed by atoms with E-state index in [0.29, 0.717) is 10.0 Å². The predicted molar refractivity (Wildman–Crippen MR) is 392 cm³/mol. The average Bonchev–Trinajstić information content (AvgIpc) is 0.830. The fourth-order valence-corrected chi connectivity index (χ4v) is 14.5. The van der Waals surface area contributed by atoms with E-state index in [4.69, 9.17) is 53.1 Å². The smallest absolute Gasteiger partial charge is 0.0811 e. The maximum Gasteiger partial charge on any atom is 0.0811 e. The summed E-state index contributed by atoms with van der Waals surface area (Å²) in [6.45, 7) is 0. The fraction of sp³-hybridized carbons (Fsp3) is 0. The lowest BCUT2D eigenvalue weighted by atomic mass is 9.88. The van der Waals surface area contributed by atoms with Gasteiger partial charge in [0.2, 0.25) is 0 Å². The highest BCUT2D eigenvalue weighted by molar-refractivity contribution is 6.32. The van der Waals surface area contributed by atoms with E-state index in [1.165, 1.54) is 5.39 Å². The Hall–Kier alpha value is -11.8. The van der Waals surface area contributed by atoms with Crippen molar-refractivity contribution in [3.63, 3.8) is 0 Å². The highest BCUT2D eigenvalue weighted by Crippen LogP contribution is 2.45. The number of rotatable bonds is 9. The molecule has 18 rings (SSSR count). The van der Waals surface area contributed by atoms with Crippen molar-refractivity contribution in [2.45, 2.75) is 0 Å². The second-order valence-electron chi connectivity index (χ2n) is 24.1. The van der Waals surface area contributed by atoms with Crippen LogP contribution in [0.3, 0.4) is 0 Å². The molecule has 8 heteroatoms. The first-order valence-electron chi connectivity index (χ1n) is 31.3. The van der Waals surface area contributed by atoms with Gasteiger partial charge in [0.1, 0.15) is 0 Å². The quantitative estimate of drug-likeness (QED) is 0.134. The van der Waals surface area contributed by atoms with E-state index >= 15 is 0 Å². The second kappa shape index (κ2) is 22.5. The maximum atomic E-state index is 7.30. The molecule has 0 spiro atoms. The van der Waals surface area contributed by atoms with E-state index in [0.717, 1.165) is 182 Å². The predicted octanol–water partition coefficient (Wildman–Crippen LogP) is 23.6. The van der Waals surface area contributed by atoms with Gasteiger partial charge in [-0.2, -0.15) is 0 Å². The summed E-state index contributed by atoms with van der Waals surface area (Å²) in [7, 11) is 0. The Bertz CT molecular complexity index is 6180. The molecule has 6 nitrogen and oxygen atoms in total. The van der Waals surface area contributed by atoms with Crippen LogP contribution < -0.4 is 0 Å². The normalized spacial score (nSPS) is 11.7. The first-order chi connectivity index (χ1) is 46.3. The summed E-state index contributed by atoms with van der Waals surface area (Å²) in [5, 5.41) is 12.0. The van der Waals surface area contributed by atoms with Crippen LogP contribution in [0.15, 0.2) is 304 Å².